The Kier molecular flexibility index (Phi) is 6.65. The molecule has 4 heteroatoms. The molecule has 1 aliphatic rings. The number of carbonyl (C=O) groups is 1. The van der Waals surface area contributed by atoms with Crippen LogP contribution in [0.5, 0.6) is 0 Å². The second-order valence-electron chi connectivity index (χ2n) is 5.46. The molecule has 3 atom stereocenters. The average molecular weight is 257 g/mol. The Morgan fingerprint density at radius 2 is 2.17 bits per heavy atom. The third kappa shape index (κ3) is 4.94. The van der Waals surface area contributed by atoms with Crippen molar-refractivity contribution in [2.24, 2.45) is 11.8 Å². The van der Waals surface area contributed by atoms with Crippen LogP contribution < -0.4 is 5.32 Å². The molecule has 0 bridgehead atoms. The van der Waals surface area contributed by atoms with Gasteiger partial charge in [0.2, 0.25) is 5.91 Å². The van der Waals surface area contributed by atoms with Crippen LogP contribution in [0, 0.1) is 11.8 Å². The van der Waals surface area contributed by atoms with Gasteiger partial charge in [-0.1, -0.05) is 20.8 Å². The highest BCUT2D eigenvalue weighted by Crippen LogP contribution is 2.25. The van der Waals surface area contributed by atoms with Crippen LogP contribution in [0.4, 0.5) is 0 Å². The van der Waals surface area contributed by atoms with E-state index in [1.165, 1.54) is 0 Å². The number of hydrogen-bond donors (Lipinski definition) is 1. The van der Waals surface area contributed by atoms with Gasteiger partial charge in [-0.05, 0) is 25.7 Å². The lowest BCUT2D eigenvalue weighted by atomic mass is 9.93. The molecule has 0 unspecified atom stereocenters. The summed E-state index contributed by atoms with van der Waals surface area (Å²) in [5, 5.41) is 2.94. The lowest BCUT2D eigenvalue weighted by molar-refractivity contribution is -0.127. The van der Waals surface area contributed by atoms with Gasteiger partial charge in [0.15, 0.2) is 0 Å². The number of ether oxygens (including phenoxy) is 2. The minimum absolute atomic E-state index is 0.0234. The minimum atomic E-state index is -0.0234. The van der Waals surface area contributed by atoms with Gasteiger partial charge >= 0.3 is 0 Å². The van der Waals surface area contributed by atoms with Gasteiger partial charge < -0.3 is 14.8 Å². The van der Waals surface area contributed by atoms with Crippen molar-refractivity contribution in [3.8, 4) is 0 Å². The third-order valence-corrected chi connectivity index (χ3v) is 3.56. The second kappa shape index (κ2) is 7.74. The molecule has 1 rings (SSSR count). The van der Waals surface area contributed by atoms with Crippen LogP contribution >= 0.6 is 0 Å². The first-order chi connectivity index (χ1) is 8.54. The summed E-state index contributed by atoms with van der Waals surface area (Å²) < 4.78 is 11.1. The Labute approximate surface area is 110 Å². The van der Waals surface area contributed by atoms with Crippen molar-refractivity contribution in [2.75, 3.05) is 19.8 Å². The zero-order valence-corrected chi connectivity index (χ0v) is 12.1. The van der Waals surface area contributed by atoms with E-state index < -0.39 is 0 Å². The Hall–Kier alpha value is -0.610. The Balaban J connectivity index is 2.21. The second-order valence-corrected chi connectivity index (χ2v) is 5.46. The Morgan fingerprint density at radius 1 is 1.44 bits per heavy atom. The van der Waals surface area contributed by atoms with E-state index in [-0.39, 0.29) is 24.7 Å². The Bertz CT molecular complexity index is 255. The highest BCUT2D eigenvalue weighted by Gasteiger charge is 2.30. The summed E-state index contributed by atoms with van der Waals surface area (Å²) in [5.41, 5.74) is 0. The molecule has 1 saturated heterocycles. The third-order valence-electron chi connectivity index (χ3n) is 3.56. The normalized spacial score (nSPS) is 25.4. The average Bonchev–Trinajstić information content (AvgIpc) is 2.81. The largest absolute Gasteiger partial charge is 0.378 e. The predicted molar refractivity (Wildman–Crippen MR) is 71.4 cm³/mol. The van der Waals surface area contributed by atoms with E-state index >= 15 is 0 Å². The summed E-state index contributed by atoms with van der Waals surface area (Å²) in [5.74, 6) is 0.924. The van der Waals surface area contributed by atoms with Crippen molar-refractivity contribution in [1.29, 1.82) is 0 Å². The molecule has 0 aromatic heterocycles. The predicted octanol–water partition coefficient (Wildman–Crippen LogP) is 1.98. The van der Waals surface area contributed by atoms with Crippen LogP contribution in [0.15, 0.2) is 0 Å². The van der Waals surface area contributed by atoms with Crippen LogP contribution in [-0.2, 0) is 14.3 Å². The molecule has 0 radical (unpaired) electrons. The molecule has 106 valence electrons. The van der Waals surface area contributed by atoms with Crippen LogP contribution in [0.25, 0.3) is 0 Å². The fourth-order valence-electron chi connectivity index (χ4n) is 2.24. The Morgan fingerprint density at radius 3 is 2.78 bits per heavy atom. The first kappa shape index (κ1) is 15.4. The SMILES string of the molecule is CC[C@@H](C)OCC(=O)NC[C@H]1CCO[C@@H]1C(C)C. The zero-order valence-electron chi connectivity index (χ0n) is 12.1. The van der Waals surface area contributed by atoms with E-state index in [4.69, 9.17) is 9.47 Å². The summed E-state index contributed by atoms with van der Waals surface area (Å²) in [6, 6.07) is 0. The van der Waals surface area contributed by atoms with Gasteiger partial charge in [-0.2, -0.15) is 0 Å². The van der Waals surface area contributed by atoms with Crippen molar-refractivity contribution in [1.82, 2.24) is 5.32 Å². The lowest BCUT2D eigenvalue weighted by Gasteiger charge is -2.22. The maximum Gasteiger partial charge on any atom is 0.246 e. The number of rotatable bonds is 7. The van der Waals surface area contributed by atoms with Gasteiger partial charge in [-0.25, -0.2) is 0 Å². The van der Waals surface area contributed by atoms with Gasteiger partial charge in [0, 0.05) is 19.1 Å². The highest BCUT2D eigenvalue weighted by molar-refractivity contribution is 5.77. The molecule has 18 heavy (non-hydrogen) atoms. The first-order valence-corrected chi connectivity index (χ1v) is 7.04. The van der Waals surface area contributed by atoms with Crippen LogP contribution in [0.1, 0.15) is 40.5 Å². The topological polar surface area (TPSA) is 47.6 Å². The summed E-state index contributed by atoms with van der Waals surface area (Å²) in [6.45, 7) is 10.0. The fraction of sp³-hybridized carbons (Fsp3) is 0.929. The molecule has 1 fully saturated rings. The maximum atomic E-state index is 11.6. The summed E-state index contributed by atoms with van der Waals surface area (Å²) >= 11 is 0. The summed E-state index contributed by atoms with van der Waals surface area (Å²) in [7, 11) is 0. The van der Waals surface area contributed by atoms with Gasteiger partial charge in [0.1, 0.15) is 6.61 Å². The fourth-order valence-corrected chi connectivity index (χ4v) is 2.24. The van der Waals surface area contributed by atoms with E-state index in [1.807, 2.05) is 13.8 Å². The summed E-state index contributed by atoms with van der Waals surface area (Å²) in [6.07, 6.45) is 2.39. The lowest BCUT2D eigenvalue weighted by Crippen LogP contribution is -2.37. The van der Waals surface area contributed by atoms with Crippen molar-refractivity contribution in [2.45, 2.75) is 52.7 Å². The number of nitrogens with one attached hydrogen (secondary N) is 1. The van der Waals surface area contributed by atoms with Crippen LogP contribution in [0.3, 0.4) is 0 Å². The smallest absolute Gasteiger partial charge is 0.246 e. The molecule has 1 N–H and O–H groups in total. The maximum absolute atomic E-state index is 11.6. The molecule has 0 spiro atoms. The molecule has 4 nitrogen and oxygen atoms in total. The summed E-state index contributed by atoms with van der Waals surface area (Å²) in [4.78, 5) is 11.6. The number of amides is 1. The van der Waals surface area contributed by atoms with Crippen LogP contribution in [-0.4, -0.2) is 37.9 Å². The standard InChI is InChI=1S/C14H27NO3/c1-5-11(4)18-9-13(16)15-8-12-6-7-17-14(12)10(2)3/h10-12,14H,5-9H2,1-4H3,(H,15,16)/t11-,12-,14-/m1/s1. The van der Waals surface area contributed by atoms with E-state index in [1.54, 1.807) is 0 Å². The van der Waals surface area contributed by atoms with E-state index in [2.05, 4.69) is 19.2 Å². The van der Waals surface area contributed by atoms with Gasteiger partial charge in [0.25, 0.3) is 0 Å². The number of carbonyl (C=O) groups excluding carboxylic acids is 1. The monoisotopic (exact) mass is 257 g/mol. The zero-order chi connectivity index (χ0) is 13.5. The number of hydrogen-bond acceptors (Lipinski definition) is 3. The molecule has 1 aliphatic heterocycles. The van der Waals surface area contributed by atoms with Gasteiger partial charge in [-0.15, -0.1) is 0 Å². The molecule has 0 aliphatic carbocycles. The van der Waals surface area contributed by atoms with Crippen molar-refractivity contribution < 1.29 is 14.3 Å². The van der Waals surface area contributed by atoms with Crippen LogP contribution in [0.2, 0.25) is 0 Å². The highest BCUT2D eigenvalue weighted by atomic mass is 16.5. The first-order valence-electron chi connectivity index (χ1n) is 7.04. The van der Waals surface area contributed by atoms with Gasteiger partial charge in [-0.3, -0.25) is 4.79 Å². The van der Waals surface area contributed by atoms with E-state index in [0.717, 1.165) is 19.4 Å². The molecule has 0 aromatic carbocycles. The molecule has 0 aromatic rings. The molecular weight excluding hydrogens is 230 g/mol. The molecular formula is C14H27NO3. The quantitative estimate of drug-likeness (QED) is 0.758. The van der Waals surface area contributed by atoms with Gasteiger partial charge in [0.05, 0.1) is 12.2 Å². The molecule has 1 amide bonds. The van der Waals surface area contributed by atoms with E-state index in [9.17, 15) is 4.79 Å². The molecule has 0 saturated carbocycles. The van der Waals surface area contributed by atoms with E-state index in [0.29, 0.717) is 18.4 Å². The minimum Gasteiger partial charge on any atom is -0.378 e. The molecule has 1 heterocycles. The van der Waals surface area contributed by atoms with Crippen molar-refractivity contribution in [3.63, 3.8) is 0 Å². The van der Waals surface area contributed by atoms with Crippen molar-refractivity contribution in [3.05, 3.63) is 0 Å². The van der Waals surface area contributed by atoms with Crippen molar-refractivity contribution >= 4 is 5.91 Å².